The summed E-state index contributed by atoms with van der Waals surface area (Å²) in [6.07, 6.45) is 4.08. The Hall–Kier alpha value is -1.43. The van der Waals surface area contributed by atoms with E-state index in [0.717, 1.165) is 38.8 Å². The van der Waals surface area contributed by atoms with Crippen LogP contribution in [0.1, 0.15) is 33.1 Å². The molecule has 14 heteroatoms. The van der Waals surface area contributed by atoms with Gasteiger partial charge in [0.1, 0.15) is 0 Å². The molecule has 2 fully saturated rings. The highest BCUT2D eigenvalue weighted by Gasteiger charge is 2.25. The predicted molar refractivity (Wildman–Crippen MR) is 110 cm³/mol. The summed E-state index contributed by atoms with van der Waals surface area (Å²) in [6.45, 7) is 3.05. The number of hydrogen-bond acceptors (Lipinski definition) is 12. The topological polar surface area (TPSA) is 214 Å². The zero-order valence-electron chi connectivity index (χ0n) is 16.9. The van der Waals surface area contributed by atoms with E-state index in [9.17, 15) is 10.2 Å². The highest BCUT2D eigenvalue weighted by atomic mass is 16.4. The van der Waals surface area contributed by atoms with Gasteiger partial charge in [-0.05, 0) is 37.3 Å². The highest BCUT2D eigenvalue weighted by molar-refractivity contribution is 6.41. The van der Waals surface area contributed by atoms with E-state index in [-0.39, 0.29) is 31.9 Å². The van der Waals surface area contributed by atoms with Gasteiger partial charge in [-0.3, -0.25) is 0 Å². The molecule has 0 spiro atoms. The molecule has 2 saturated heterocycles. The van der Waals surface area contributed by atoms with Crippen molar-refractivity contribution in [1.82, 2.24) is 10.6 Å². The van der Waals surface area contributed by atoms with Gasteiger partial charge in [0.05, 0.1) is 12.2 Å². The summed E-state index contributed by atoms with van der Waals surface area (Å²) in [7, 11) is -2.40. The van der Waals surface area contributed by atoms with Crippen LogP contribution in [0.4, 0.5) is 0 Å². The SMILES string of the molecule is C.O=C=O.O=C=O.OB(O)CCC[C@H]1CNC[C@@H]1O.OB(O)CCC[C@H]1CNC[C@@H]1O. The lowest BCUT2D eigenvalue weighted by Crippen LogP contribution is -2.18. The Kier molecular flexibility index (Phi) is 25.6. The minimum Gasteiger partial charge on any atom is -0.427 e. The fourth-order valence-corrected chi connectivity index (χ4v) is 3.15. The Balaban J connectivity index is -0.000000394. The lowest BCUT2D eigenvalue weighted by atomic mass is 9.82. The minimum atomic E-state index is -1.20. The first-order valence-electron chi connectivity index (χ1n) is 9.71. The first kappa shape index (κ1) is 34.2. The van der Waals surface area contributed by atoms with E-state index >= 15 is 0 Å². The molecule has 0 bridgehead atoms. The third-order valence-corrected chi connectivity index (χ3v) is 4.68. The molecule has 2 aliphatic rings. The van der Waals surface area contributed by atoms with Crippen LogP contribution < -0.4 is 10.6 Å². The van der Waals surface area contributed by atoms with E-state index in [2.05, 4.69) is 10.6 Å². The third-order valence-electron chi connectivity index (χ3n) is 4.68. The van der Waals surface area contributed by atoms with Crippen molar-refractivity contribution in [2.24, 2.45) is 11.8 Å². The first-order valence-corrected chi connectivity index (χ1v) is 9.71. The summed E-state index contributed by atoms with van der Waals surface area (Å²) in [6, 6.07) is 0. The van der Waals surface area contributed by atoms with Crippen molar-refractivity contribution in [3.8, 4) is 0 Å². The van der Waals surface area contributed by atoms with Gasteiger partial charge in [0.15, 0.2) is 0 Å². The molecule has 180 valence electrons. The zero-order valence-corrected chi connectivity index (χ0v) is 16.9. The molecule has 0 saturated carbocycles. The number of carbonyl (C=O) groups excluding carboxylic acids is 4. The Bertz CT molecular complexity index is 434. The molecule has 0 amide bonds. The van der Waals surface area contributed by atoms with E-state index in [0.29, 0.717) is 37.6 Å². The second-order valence-electron chi connectivity index (χ2n) is 6.96. The van der Waals surface area contributed by atoms with Gasteiger partial charge in [-0.15, -0.1) is 0 Å². The largest absolute Gasteiger partial charge is 0.451 e. The summed E-state index contributed by atoms with van der Waals surface area (Å²) in [4.78, 5) is 32.5. The van der Waals surface area contributed by atoms with E-state index < -0.39 is 14.2 Å². The number of aliphatic hydroxyl groups excluding tert-OH is 2. The lowest BCUT2D eigenvalue weighted by molar-refractivity contribution is -0.193. The van der Waals surface area contributed by atoms with Gasteiger partial charge in [-0.25, -0.2) is 0 Å². The molecule has 8 N–H and O–H groups in total. The van der Waals surface area contributed by atoms with Crippen LogP contribution in [0.15, 0.2) is 0 Å². The molecule has 0 unspecified atom stereocenters. The monoisotopic (exact) mass is 450 g/mol. The summed E-state index contributed by atoms with van der Waals surface area (Å²) in [5.74, 6) is 0.590. The van der Waals surface area contributed by atoms with Crippen molar-refractivity contribution in [2.75, 3.05) is 26.2 Å². The van der Waals surface area contributed by atoms with Gasteiger partial charge in [-0.2, -0.15) is 19.2 Å². The normalized spacial score (nSPS) is 23.2. The van der Waals surface area contributed by atoms with Crippen molar-refractivity contribution in [3.63, 3.8) is 0 Å². The van der Waals surface area contributed by atoms with Gasteiger partial charge in [0.25, 0.3) is 0 Å². The molecule has 31 heavy (non-hydrogen) atoms. The number of β-amino-alcohol motifs (C(OH)–C–C–N with tert-alkyl or cyclic N) is 2. The maximum atomic E-state index is 9.37. The first-order chi connectivity index (χ1) is 14.2. The standard InChI is InChI=1S/2C7H16BNO3.2CO2.CH4/c2*10-7-5-9-4-6(7)2-1-3-8(11)12;2*2-1-3;/h2*6-7,9-12H,1-5H2;;;1H4/t2*6-,7-;;;/m00.../s1. The second-order valence-corrected chi connectivity index (χ2v) is 6.96. The average Bonchev–Trinajstić information content (AvgIpc) is 3.25. The van der Waals surface area contributed by atoms with Crippen LogP contribution in [0.5, 0.6) is 0 Å². The van der Waals surface area contributed by atoms with Crippen molar-refractivity contribution >= 4 is 26.5 Å². The quantitative estimate of drug-likeness (QED) is 0.175. The minimum absolute atomic E-state index is 0. The van der Waals surface area contributed by atoms with Crippen LogP contribution in [-0.4, -0.2) is 95.2 Å². The molecule has 2 rings (SSSR count). The molecule has 2 aliphatic heterocycles. The van der Waals surface area contributed by atoms with Crippen LogP contribution in [0.3, 0.4) is 0 Å². The predicted octanol–water partition coefficient (Wildman–Crippen LogP) is -2.89. The number of hydrogen-bond donors (Lipinski definition) is 8. The zero-order chi connectivity index (χ0) is 23.4. The van der Waals surface area contributed by atoms with Gasteiger partial charge < -0.3 is 40.9 Å². The Morgan fingerprint density at radius 1 is 0.677 bits per heavy atom. The van der Waals surface area contributed by atoms with Gasteiger partial charge >= 0.3 is 26.5 Å². The molecule has 2 heterocycles. The van der Waals surface area contributed by atoms with Crippen LogP contribution in [0, 0.1) is 11.8 Å². The van der Waals surface area contributed by atoms with Crippen LogP contribution in [0.25, 0.3) is 0 Å². The van der Waals surface area contributed by atoms with Crippen molar-refractivity contribution < 1.29 is 49.5 Å². The Labute approximate surface area is 183 Å². The second kappa shape index (κ2) is 23.2. The van der Waals surface area contributed by atoms with Gasteiger partial charge in [0.2, 0.25) is 0 Å². The summed E-state index contributed by atoms with van der Waals surface area (Å²) >= 11 is 0. The average molecular weight is 450 g/mol. The molecule has 12 nitrogen and oxygen atoms in total. The number of nitrogens with one attached hydrogen (secondary N) is 2. The van der Waals surface area contributed by atoms with Crippen LogP contribution in [0.2, 0.25) is 12.6 Å². The van der Waals surface area contributed by atoms with Crippen LogP contribution in [-0.2, 0) is 19.2 Å². The molecule has 0 aromatic carbocycles. The molecule has 0 aromatic rings. The van der Waals surface area contributed by atoms with Gasteiger partial charge in [-0.1, -0.05) is 20.3 Å². The van der Waals surface area contributed by atoms with E-state index in [1.54, 1.807) is 0 Å². The third kappa shape index (κ3) is 21.6. The molecular weight excluding hydrogens is 414 g/mol. The fourth-order valence-electron chi connectivity index (χ4n) is 3.15. The van der Waals surface area contributed by atoms with E-state index in [4.69, 9.17) is 39.3 Å². The number of rotatable bonds is 8. The summed E-state index contributed by atoms with van der Waals surface area (Å²) < 4.78 is 0. The maximum Gasteiger partial charge on any atom is 0.451 e. The van der Waals surface area contributed by atoms with Crippen LogP contribution >= 0.6 is 0 Å². The molecular formula is C17H36B2N2O10. The smallest absolute Gasteiger partial charge is 0.427 e. The van der Waals surface area contributed by atoms with Crippen molar-refractivity contribution in [1.29, 1.82) is 0 Å². The van der Waals surface area contributed by atoms with Gasteiger partial charge in [0, 0.05) is 26.2 Å². The molecule has 0 aromatic heterocycles. The highest BCUT2D eigenvalue weighted by Crippen LogP contribution is 2.17. The Morgan fingerprint density at radius 3 is 1.16 bits per heavy atom. The summed E-state index contributed by atoms with van der Waals surface area (Å²) in [5.41, 5.74) is 0. The summed E-state index contributed by atoms with van der Waals surface area (Å²) in [5, 5.41) is 59.2. The molecule has 4 atom stereocenters. The lowest BCUT2D eigenvalue weighted by Gasteiger charge is -2.11. The Morgan fingerprint density at radius 2 is 0.968 bits per heavy atom. The van der Waals surface area contributed by atoms with Crippen molar-refractivity contribution in [3.05, 3.63) is 0 Å². The van der Waals surface area contributed by atoms with E-state index in [1.165, 1.54) is 0 Å². The molecule has 0 aliphatic carbocycles. The van der Waals surface area contributed by atoms with Crippen molar-refractivity contribution in [2.45, 2.75) is 58.0 Å². The maximum absolute atomic E-state index is 9.37. The number of aliphatic hydroxyl groups is 2. The van der Waals surface area contributed by atoms with E-state index in [1.807, 2.05) is 0 Å². The molecule has 0 radical (unpaired) electrons. The fraction of sp³-hybridized carbons (Fsp3) is 0.882.